The fourth-order valence-corrected chi connectivity index (χ4v) is 3.34. The van der Waals surface area contributed by atoms with Crippen LogP contribution in [-0.2, 0) is 0 Å². The van der Waals surface area contributed by atoms with Gasteiger partial charge in [-0.3, -0.25) is 0 Å². The number of aryl methyl sites for hydroxylation is 1. The second-order valence-corrected chi connectivity index (χ2v) is 6.49. The number of benzene rings is 1. The first-order valence-corrected chi connectivity index (χ1v) is 7.80. The van der Waals surface area contributed by atoms with Crippen LogP contribution in [-0.4, -0.2) is 0 Å². The van der Waals surface area contributed by atoms with Crippen LogP contribution in [0.1, 0.15) is 41.9 Å². The number of hydrogen-bond acceptors (Lipinski definition) is 2. The Balaban J connectivity index is 2.05. The maximum Gasteiger partial charge on any atom is 0.0393 e. The van der Waals surface area contributed by atoms with E-state index in [0.29, 0.717) is 12.1 Å². The van der Waals surface area contributed by atoms with Gasteiger partial charge in [-0.1, -0.05) is 28.1 Å². The van der Waals surface area contributed by atoms with Crippen molar-refractivity contribution >= 4 is 27.3 Å². The Kier molecular flexibility index (Phi) is 4.60. The second kappa shape index (κ2) is 6.00. The molecule has 0 saturated heterocycles. The van der Waals surface area contributed by atoms with E-state index in [9.17, 15) is 0 Å². The van der Waals surface area contributed by atoms with Gasteiger partial charge in [0.2, 0.25) is 0 Å². The number of rotatable bonds is 4. The Hall–Kier alpha value is -0.640. The molecular weight excluding hydrogens is 306 g/mol. The van der Waals surface area contributed by atoms with Crippen LogP contribution < -0.4 is 5.32 Å². The van der Waals surface area contributed by atoms with Gasteiger partial charge in [0.15, 0.2) is 0 Å². The molecule has 0 aliphatic carbocycles. The molecule has 2 aromatic rings. The number of hydrogen-bond donors (Lipinski definition) is 1. The van der Waals surface area contributed by atoms with Gasteiger partial charge >= 0.3 is 0 Å². The predicted octanol–water partition coefficient (Wildman–Crippen LogP) is 5.23. The molecule has 1 aromatic carbocycles. The molecule has 1 unspecified atom stereocenters. The van der Waals surface area contributed by atoms with E-state index in [-0.39, 0.29) is 0 Å². The van der Waals surface area contributed by atoms with Crippen molar-refractivity contribution in [1.82, 2.24) is 5.32 Å². The van der Waals surface area contributed by atoms with Gasteiger partial charge < -0.3 is 5.32 Å². The predicted molar refractivity (Wildman–Crippen MR) is 83.2 cm³/mol. The zero-order valence-corrected chi connectivity index (χ0v) is 13.3. The molecule has 1 N–H and O–H groups in total. The Morgan fingerprint density at radius 3 is 2.28 bits per heavy atom. The molecule has 0 amide bonds. The minimum absolute atomic E-state index is 0.356. The van der Waals surface area contributed by atoms with Crippen molar-refractivity contribution in [3.8, 4) is 0 Å². The van der Waals surface area contributed by atoms with Gasteiger partial charge in [-0.15, -0.1) is 11.3 Å². The zero-order valence-electron chi connectivity index (χ0n) is 10.9. The number of nitrogens with one attached hydrogen (secondary N) is 1. The van der Waals surface area contributed by atoms with Crippen molar-refractivity contribution in [1.29, 1.82) is 0 Å². The van der Waals surface area contributed by atoms with Crippen LogP contribution in [0.3, 0.4) is 0 Å². The van der Waals surface area contributed by atoms with E-state index >= 15 is 0 Å². The summed E-state index contributed by atoms with van der Waals surface area (Å²) in [5.41, 5.74) is 2.70. The van der Waals surface area contributed by atoms with Crippen LogP contribution in [0, 0.1) is 6.92 Å². The van der Waals surface area contributed by atoms with E-state index in [1.807, 2.05) is 11.3 Å². The van der Waals surface area contributed by atoms with E-state index < -0.39 is 0 Å². The molecule has 0 fully saturated rings. The van der Waals surface area contributed by atoms with Gasteiger partial charge in [-0.25, -0.2) is 0 Å². The number of halogens is 1. The summed E-state index contributed by atoms with van der Waals surface area (Å²) in [6.45, 7) is 6.62. The van der Waals surface area contributed by atoms with Crippen molar-refractivity contribution < 1.29 is 0 Å². The average molecular weight is 324 g/mol. The van der Waals surface area contributed by atoms with Crippen LogP contribution in [0.15, 0.2) is 40.2 Å². The first-order chi connectivity index (χ1) is 8.58. The van der Waals surface area contributed by atoms with Gasteiger partial charge in [-0.05, 0) is 55.5 Å². The molecule has 1 aromatic heterocycles. The largest absolute Gasteiger partial charge is 0.303 e. The minimum Gasteiger partial charge on any atom is -0.303 e. The van der Waals surface area contributed by atoms with Crippen LogP contribution in [0.2, 0.25) is 0 Å². The van der Waals surface area contributed by atoms with Gasteiger partial charge in [0.05, 0.1) is 0 Å². The summed E-state index contributed by atoms with van der Waals surface area (Å²) >= 11 is 5.29. The molecule has 3 heteroatoms. The van der Waals surface area contributed by atoms with Crippen molar-refractivity contribution in [3.05, 3.63) is 56.2 Å². The minimum atomic E-state index is 0.356. The van der Waals surface area contributed by atoms with Crippen molar-refractivity contribution in [3.63, 3.8) is 0 Å². The Labute approximate surface area is 121 Å². The summed E-state index contributed by atoms with van der Waals surface area (Å²) < 4.78 is 1.13. The fourth-order valence-electron chi connectivity index (χ4n) is 2.13. The molecule has 1 nitrogen and oxygen atoms in total. The van der Waals surface area contributed by atoms with E-state index in [1.54, 1.807) is 0 Å². The lowest BCUT2D eigenvalue weighted by atomic mass is 10.1. The molecule has 2 rings (SSSR count). The maximum atomic E-state index is 3.65. The van der Waals surface area contributed by atoms with E-state index in [1.165, 1.54) is 16.0 Å². The molecule has 0 aliphatic heterocycles. The van der Waals surface area contributed by atoms with Crippen LogP contribution in [0.4, 0.5) is 0 Å². The highest BCUT2D eigenvalue weighted by atomic mass is 79.9. The molecule has 1 heterocycles. The highest BCUT2D eigenvalue weighted by Gasteiger charge is 2.13. The molecule has 0 aliphatic rings. The van der Waals surface area contributed by atoms with Crippen LogP contribution in [0.5, 0.6) is 0 Å². The lowest BCUT2D eigenvalue weighted by Gasteiger charge is -2.20. The molecule has 96 valence electrons. The SMILES string of the molecule is Cc1ccsc1C(C)N[C@H](C)c1ccc(Br)cc1. The van der Waals surface area contributed by atoms with E-state index in [2.05, 4.69) is 77.7 Å². The highest BCUT2D eigenvalue weighted by Crippen LogP contribution is 2.26. The molecule has 2 atom stereocenters. The van der Waals surface area contributed by atoms with Gasteiger partial charge in [0, 0.05) is 21.4 Å². The average Bonchev–Trinajstić information content (AvgIpc) is 2.76. The van der Waals surface area contributed by atoms with Gasteiger partial charge in [0.1, 0.15) is 0 Å². The Morgan fingerprint density at radius 2 is 1.72 bits per heavy atom. The smallest absolute Gasteiger partial charge is 0.0393 e. The third-order valence-corrected chi connectivity index (χ3v) is 4.90. The van der Waals surface area contributed by atoms with Crippen molar-refractivity contribution in [2.75, 3.05) is 0 Å². The van der Waals surface area contributed by atoms with Crippen molar-refractivity contribution in [2.24, 2.45) is 0 Å². The summed E-state index contributed by atoms with van der Waals surface area (Å²) in [4.78, 5) is 1.43. The van der Waals surface area contributed by atoms with Gasteiger partial charge in [-0.2, -0.15) is 0 Å². The van der Waals surface area contributed by atoms with Crippen LogP contribution >= 0.6 is 27.3 Å². The number of thiophene rings is 1. The molecule has 0 saturated carbocycles. The normalized spacial score (nSPS) is 14.4. The monoisotopic (exact) mass is 323 g/mol. The van der Waals surface area contributed by atoms with E-state index in [0.717, 1.165) is 4.47 Å². The first-order valence-electron chi connectivity index (χ1n) is 6.13. The molecule has 0 radical (unpaired) electrons. The Morgan fingerprint density at radius 1 is 1.06 bits per heavy atom. The summed E-state index contributed by atoms with van der Waals surface area (Å²) in [6.07, 6.45) is 0. The Bertz CT molecular complexity index is 503. The summed E-state index contributed by atoms with van der Waals surface area (Å²) in [5.74, 6) is 0. The van der Waals surface area contributed by atoms with Crippen molar-refractivity contribution in [2.45, 2.75) is 32.9 Å². The third-order valence-electron chi connectivity index (χ3n) is 3.16. The van der Waals surface area contributed by atoms with E-state index in [4.69, 9.17) is 0 Å². The fraction of sp³-hybridized carbons (Fsp3) is 0.333. The zero-order chi connectivity index (χ0) is 13.1. The molecule has 18 heavy (non-hydrogen) atoms. The summed E-state index contributed by atoms with van der Waals surface area (Å²) in [6, 6.07) is 11.4. The third kappa shape index (κ3) is 3.22. The summed E-state index contributed by atoms with van der Waals surface area (Å²) in [5, 5.41) is 5.81. The lowest BCUT2D eigenvalue weighted by molar-refractivity contribution is 0.499. The second-order valence-electron chi connectivity index (χ2n) is 4.63. The summed E-state index contributed by atoms with van der Waals surface area (Å²) in [7, 11) is 0. The first kappa shape index (κ1) is 13.8. The standard InChI is InChI=1S/C15H18BrNS/c1-10-8-9-18-15(10)12(3)17-11(2)13-4-6-14(16)7-5-13/h4-9,11-12,17H,1-3H3/t11-,12?/m1/s1. The topological polar surface area (TPSA) is 12.0 Å². The van der Waals surface area contributed by atoms with Crippen LogP contribution in [0.25, 0.3) is 0 Å². The molecule has 0 spiro atoms. The maximum absolute atomic E-state index is 3.65. The molecule has 0 bridgehead atoms. The lowest BCUT2D eigenvalue weighted by Crippen LogP contribution is -2.22. The highest BCUT2D eigenvalue weighted by molar-refractivity contribution is 9.10. The quantitative estimate of drug-likeness (QED) is 0.812. The molecular formula is C15H18BrNS. The van der Waals surface area contributed by atoms with Gasteiger partial charge in [0.25, 0.3) is 0 Å².